The van der Waals surface area contributed by atoms with Gasteiger partial charge in [-0.1, -0.05) is 60.7 Å². The zero-order chi connectivity index (χ0) is 28.1. The number of hydrogen-bond acceptors (Lipinski definition) is 4. The zero-order valence-electron chi connectivity index (χ0n) is 22.6. The molecule has 2 aliphatic heterocycles. The van der Waals surface area contributed by atoms with Crippen molar-refractivity contribution in [2.24, 2.45) is 5.41 Å². The summed E-state index contributed by atoms with van der Waals surface area (Å²) in [5, 5.41) is 5.19. The van der Waals surface area contributed by atoms with E-state index in [1.54, 1.807) is 42.5 Å². The molecule has 4 aromatic rings. The first-order valence-corrected chi connectivity index (χ1v) is 14.1. The molecule has 3 amide bonds. The number of carbonyl (C=O) groups is 4. The molecule has 3 aliphatic rings. The number of carbonyl (C=O) groups excluding carboxylic acids is 4. The van der Waals surface area contributed by atoms with Crippen LogP contribution >= 0.6 is 0 Å². The lowest BCUT2D eigenvalue weighted by Gasteiger charge is -2.39. The average molecular weight is 544 g/mol. The van der Waals surface area contributed by atoms with E-state index in [0.717, 1.165) is 35.7 Å². The van der Waals surface area contributed by atoms with Gasteiger partial charge in [-0.15, -0.1) is 0 Å². The Morgan fingerprint density at radius 3 is 2.02 bits per heavy atom. The van der Waals surface area contributed by atoms with Crippen molar-refractivity contribution in [1.29, 1.82) is 0 Å². The van der Waals surface area contributed by atoms with Crippen LogP contribution in [0.3, 0.4) is 0 Å². The normalized spacial score (nSPS) is 17.5. The standard InChI is InChI=1S/C34H29N3O4/c38-30-25-9-3-4-10-26(25)31(39)28-20-23(12-13-27(28)30)32(40)37-19-16-34(21-37)14-17-36(18-15-34)33(41)35-29-11-5-7-22-6-1-2-8-24(22)29/h1-13,20H,14-19,21H2,(H,35,41). The molecule has 7 rings (SSSR count). The minimum absolute atomic E-state index is 0.0230. The molecule has 2 saturated heterocycles. The lowest BCUT2D eigenvalue weighted by molar-refractivity contribution is 0.0739. The second-order valence-corrected chi connectivity index (χ2v) is 11.4. The molecule has 7 heteroatoms. The summed E-state index contributed by atoms with van der Waals surface area (Å²) >= 11 is 0. The van der Waals surface area contributed by atoms with Crippen molar-refractivity contribution in [2.75, 3.05) is 31.5 Å². The van der Waals surface area contributed by atoms with Crippen molar-refractivity contribution in [1.82, 2.24) is 9.80 Å². The van der Waals surface area contributed by atoms with E-state index in [2.05, 4.69) is 5.32 Å². The van der Waals surface area contributed by atoms with Gasteiger partial charge in [-0.25, -0.2) is 4.79 Å². The van der Waals surface area contributed by atoms with Crippen LogP contribution in [0.2, 0.25) is 0 Å². The van der Waals surface area contributed by atoms with Crippen LogP contribution in [0.1, 0.15) is 61.5 Å². The fourth-order valence-electron chi connectivity index (χ4n) is 6.64. The van der Waals surface area contributed by atoms with E-state index in [0.29, 0.717) is 54.0 Å². The number of piperidine rings is 1. The van der Waals surface area contributed by atoms with Crippen molar-refractivity contribution in [3.63, 3.8) is 0 Å². The molecule has 2 fully saturated rings. The highest BCUT2D eigenvalue weighted by Gasteiger charge is 2.43. The van der Waals surface area contributed by atoms with E-state index >= 15 is 0 Å². The van der Waals surface area contributed by atoms with E-state index < -0.39 is 0 Å². The highest BCUT2D eigenvalue weighted by atomic mass is 16.2. The number of rotatable bonds is 2. The van der Waals surface area contributed by atoms with E-state index in [1.165, 1.54) is 0 Å². The molecule has 0 radical (unpaired) electrons. The third-order valence-corrected chi connectivity index (χ3v) is 9.04. The third kappa shape index (κ3) is 4.29. The lowest BCUT2D eigenvalue weighted by atomic mass is 9.78. The smallest absolute Gasteiger partial charge is 0.321 e. The van der Waals surface area contributed by atoms with Crippen molar-refractivity contribution in [3.05, 3.63) is 113 Å². The van der Waals surface area contributed by atoms with Gasteiger partial charge >= 0.3 is 6.03 Å². The number of amides is 3. The number of nitrogens with one attached hydrogen (secondary N) is 1. The first kappa shape index (κ1) is 25.2. The second-order valence-electron chi connectivity index (χ2n) is 11.4. The SMILES string of the molecule is O=C1c2ccccc2C(=O)c2cc(C(=O)N3CCC4(CCN(C(=O)Nc5cccc6ccccc56)CC4)C3)ccc21. The van der Waals surface area contributed by atoms with Gasteiger partial charge in [0.05, 0.1) is 5.69 Å². The first-order valence-electron chi connectivity index (χ1n) is 14.1. The Morgan fingerprint density at radius 1 is 0.659 bits per heavy atom. The summed E-state index contributed by atoms with van der Waals surface area (Å²) in [5.41, 5.74) is 2.63. The Labute approximate surface area is 237 Å². The van der Waals surface area contributed by atoms with Crippen LogP contribution in [0.4, 0.5) is 10.5 Å². The van der Waals surface area contributed by atoms with Crippen LogP contribution in [0.25, 0.3) is 10.8 Å². The second kappa shape index (κ2) is 9.70. The molecule has 204 valence electrons. The molecule has 2 heterocycles. The van der Waals surface area contributed by atoms with Crippen LogP contribution in [-0.4, -0.2) is 59.5 Å². The highest BCUT2D eigenvalue weighted by Crippen LogP contribution is 2.41. The minimum Gasteiger partial charge on any atom is -0.338 e. The summed E-state index contributed by atoms with van der Waals surface area (Å²) in [6.45, 7) is 2.52. The Balaban J connectivity index is 1.01. The van der Waals surface area contributed by atoms with Crippen LogP contribution < -0.4 is 5.32 Å². The molecule has 41 heavy (non-hydrogen) atoms. The molecule has 0 aromatic heterocycles. The Bertz CT molecular complexity index is 1750. The average Bonchev–Trinajstić information content (AvgIpc) is 3.43. The number of hydrogen-bond donors (Lipinski definition) is 1. The molecule has 1 spiro atoms. The van der Waals surface area contributed by atoms with Gasteiger partial charge < -0.3 is 15.1 Å². The zero-order valence-corrected chi connectivity index (χ0v) is 22.6. The van der Waals surface area contributed by atoms with Crippen molar-refractivity contribution in [3.8, 4) is 0 Å². The Morgan fingerprint density at radius 2 is 1.27 bits per heavy atom. The maximum atomic E-state index is 13.5. The highest BCUT2D eigenvalue weighted by molar-refractivity contribution is 6.28. The number of nitrogens with zero attached hydrogens (tertiary/aromatic N) is 2. The predicted molar refractivity (Wildman–Crippen MR) is 156 cm³/mol. The number of urea groups is 1. The summed E-state index contributed by atoms with van der Waals surface area (Å²) in [4.78, 5) is 56.5. The van der Waals surface area contributed by atoms with E-state index in [-0.39, 0.29) is 28.9 Å². The van der Waals surface area contributed by atoms with Crippen LogP contribution in [0.15, 0.2) is 84.9 Å². The van der Waals surface area contributed by atoms with E-state index in [9.17, 15) is 19.2 Å². The summed E-state index contributed by atoms with van der Waals surface area (Å²) in [5.74, 6) is -0.539. The van der Waals surface area contributed by atoms with Crippen molar-refractivity contribution in [2.45, 2.75) is 19.3 Å². The molecule has 1 N–H and O–H groups in total. The molecule has 0 unspecified atom stereocenters. The molecular formula is C34H29N3O4. The Kier molecular flexibility index (Phi) is 5.96. The number of benzene rings is 4. The summed E-state index contributed by atoms with van der Waals surface area (Å²) in [6.07, 6.45) is 2.54. The van der Waals surface area contributed by atoms with Crippen LogP contribution in [0, 0.1) is 5.41 Å². The largest absolute Gasteiger partial charge is 0.338 e. The van der Waals surface area contributed by atoms with E-state index in [4.69, 9.17) is 0 Å². The molecule has 7 nitrogen and oxygen atoms in total. The third-order valence-electron chi connectivity index (χ3n) is 9.04. The van der Waals surface area contributed by atoms with Gasteiger partial charge in [0.1, 0.15) is 0 Å². The number of anilines is 1. The van der Waals surface area contributed by atoms with Gasteiger partial charge in [0.2, 0.25) is 0 Å². The minimum atomic E-state index is -0.225. The lowest BCUT2D eigenvalue weighted by Crippen LogP contribution is -2.46. The van der Waals surface area contributed by atoms with Gasteiger partial charge in [-0.05, 0) is 54.3 Å². The first-order chi connectivity index (χ1) is 19.9. The topological polar surface area (TPSA) is 86.8 Å². The van der Waals surface area contributed by atoms with E-state index in [1.807, 2.05) is 52.3 Å². The van der Waals surface area contributed by atoms with Gasteiger partial charge in [0.15, 0.2) is 11.6 Å². The molecule has 4 aromatic carbocycles. The fraction of sp³-hybridized carbons (Fsp3) is 0.235. The van der Waals surface area contributed by atoms with Gasteiger partial charge in [-0.2, -0.15) is 0 Å². The van der Waals surface area contributed by atoms with Crippen molar-refractivity contribution >= 4 is 40.0 Å². The molecule has 0 saturated carbocycles. The predicted octanol–water partition coefficient (Wildman–Crippen LogP) is 5.78. The van der Waals surface area contributed by atoms with Crippen molar-refractivity contribution < 1.29 is 19.2 Å². The fourth-order valence-corrected chi connectivity index (χ4v) is 6.64. The number of fused-ring (bicyclic) bond motifs is 3. The number of ketones is 2. The molecular weight excluding hydrogens is 514 g/mol. The summed E-state index contributed by atoms with van der Waals surface area (Å²) in [7, 11) is 0. The molecule has 1 aliphatic carbocycles. The van der Waals surface area contributed by atoms with Crippen LogP contribution in [0.5, 0.6) is 0 Å². The molecule has 0 bridgehead atoms. The van der Waals surface area contributed by atoms with Gasteiger partial charge in [-0.3, -0.25) is 14.4 Å². The summed E-state index contributed by atoms with van der Waals surface area (Å²) < 4.78 is 0. The summed E-state index contributed by atoms with van der Waals surface area (Å²) in [6, 6.07) is 25.5. The Hall–Kier alpha value is -4.78. The number of likely N-dealkylation sites (tertiary alicyclic amines) is 2. The maximum absolute atomic E-state index is 13.5. The van der Waals surface area contributed by atoms with Crippen LogP contribution in [-0.2, 0) is 0 Å². The maximum Gasteiger partial charge on any atom is 0.321 e. The van der Waals surface area contributed by atoms with Gasteiger partial charge in [0.25, 0.3) is 5.91 Å². The molecule has 0 atom stereocenters. The monoisotopic (exact) mass is 543 g/mol. The quantitative estimate of drug-likeness (QED) is 0.306. The van der Waals surface area contributed by atoms with Gasteiger partial charge in [0, 0.05) is 59.4 Å².